The lowest BCUT2D eigenvalue weighted by molar-refractivity contribution is -0.115. The second kappa shape index (κ2) is 5.51. The van der Waals surface area contributed by atoms with Crippen molar-refractivity contribution in [2.24, 2.45) is 0 Å². The highest BCUT2D eigenvalue weighted by Gasteiger charge is 2.15. The van der Waals surface area contributed by atoms with Crippen LogP contribution < -0.4 is 5.32 Å². The number of rotatable bonds is 3. The number of aromatic nitrogens is 1. The quantitative estimate of drug-likeness (QED) is 0.928. The highest BCUT2D eigenvalue weighted by atomic mass is 19.1. The van der Waals surface area contributed by atoms with Crippen LogP contribution in [0, 0.1) is 17.5 Å². The van der Waals surface area contributed by atoms with Gasteiger partial charge in [0.15, 0.2) is 0 Å². The van der Waals surface area contributed by atoms with Gasteiger partial charge in [0.25, 0.3) is 0 Å². The number of hydrogen-bond acceptors (Lipinski definition) is 2. The molecule has 6 heteroatoms. The molecule has 0 aliphatic carbocycles. The number of pyridine rings is 1. The van der Waals surface area contributed by atoms with E-state index in [4.69, 9.17) is 0 Å². The average molecular weight is 266 g/mol. The molecule has 1 aromatic carbocycles. The van der Waals surface area contributed by atoms with Gasteiger partial charge >= 0.3 is 0 Å². The summed E-state index contributed by atoms with van der Waals surface area (Å²) in [6.07, 6.45) is 0.934. The van der Waals surface area contributed by atoms with Gasteiger partial charge < -0.3 is 5.32 Å². The summed E-state index contributed by atoms with van der Waals surface area (Å²) < 4.78 is 39.4. The smallest absolute Gasteiger partial charge is 0.230 e. The molecule has 1 N–H and O–H groups in total. The first-order valence-corrected chi connectivity index (χ1v) is 5.40. The van der Waals surface area contributed by atoms with E-state index in [9.17, 15) is 18.0 Å². The van der Waals surface area contributed by atoms with Gasteiger partial charge in [0.1, 0.15) is 23.3 Å². The van der Waals surface area contributed by atoms with Gasteiger partial charge in [-0.25, -0.2) is 18.2 Å². The summed E-state index contributed by atoms with van der Waals surface area (Å²) in [5.74, 6) is -3.57. The van der Waals surface area contributed by atoms with Gasteiger partial charge in [0, 0.05) is 23.9 Å². The number of anilines is 1. The Morgan fingerprint density at radius 3 is 2.42 bits per heavy atom. The fourth-order valence-electron chi connectivity index (χ4n) is 1.53. The van der Waals surface area contributed by atoms with E-state index in [2.05, 4.69) is 10.3 Å². The van der Waals surface area contributed by atoms with Crippen molar-refractivity contribution in [3.05, 3.63) is 59.5 Å². The molecule has 98 valence electrons. The van der Waals surface area contributed by atoms with Gasteiger partial charge in [-0.1, -0.05) is 6.07 Å². The number of carbonyl (C=O) groups excluding carboxylic acids is 1. The lowest BCUT2D eigenvalue weighted by Gasteiger charge is -2.06. The van der Waals surface area contributed by atoms with Crippen LogP contribution in [-0.2, 0) is 11.2 Å². The first-order chi connectivity index (χ1) is 9.06. The molecule has 2 aromatic rings. The van der Waals surface area contributed by atoms with E-state index in [1.54, 1.807) is 12.1 Å². The first kappa shape index (κ1) is 13.1. The van der Waals surface area contributed by atoms with Crippen LogP contribution in [0.25, 0.3) is 0 Å². The van der Waals surface area contributed by atoms with E-state index in [0.29, 0.717) is 12.1 Å². The topological polar surface area (TPSA) is 42.0 Å². The van der Waals surface area contributed by atoms with E-state index in [0.717, 1.165) is 0 Å². The molecule has 0 saturated heterocycles. The summed E-state index contributed by atoms with van der Waals surface area (Å²) >= 11 is 0. The number of hydrogen-bond donors (Lipinski definition) is 1. The number of benzene rings is 1. The minimum atomic E-state index is -1.09. The van der Waals surface area contributed by atoms with Crippen LogP contribution in [0.1, 0.15) is 5.56 Å². The zero-order valence-electron chi connectivity index (χ0n) is 9.66. The normalized spacial score (nSPS) is 10.3. The van der Waals surface area contributed by atoms with Crippen LogP contribution in [-0.4, -0.2) is 10.9 Å². The van der Waals surface area contributed by atoms with Crippen molar-refractivity contribution in [1.29, 1.82) is 0 Å². The van der Waals surface area contributed by atoms with Crippen LogP contribution in [0.5, 0.6) is 0 Å². The summed E-state index contributed by atoms with van der Waals surface area (Å²) in [5.41, 5.74) is -0.477. The van der Waals surface area contributed by atoms with Crippen LogP contribution in [0.3, 0.4) is 0 Å². The highest BCUT2D eigenvalue weighted by Crippen LogP contribution is 2.15. The van der Waals surface area contributed by atoms with Crippen LogP contribution in [0.15, 0.2) is 36.5 Å². The van der Waals surface area contributed by atoms with Crippen molar-refractivity contribution in [1.82, 2.24) is 4.98 Å². The first-order valence-electron chi connectivity index (χ1n) is 5.40. The Kier molecular flexibility index (Phi) is 3.79. The van der Waals surface area contributed by atoms with Crippen molar-refractivity contribution < 1.29 is 18.0 Å². The van der Waals surface area contributed by atoms with Gasteiger partial charge in [-0.05, 0) is 12.1 Å². The number of amides is 1. The summed E-state index contributed by atoms with van der Waals surface area (Å²) in [6.45, 7) is 0. The van der Waals surface area contributed by atoms with Crippen molar-refractivity contribution in [3.63, 3.8) is 0 Å². The second-order valence-corrected chi connectivity index (χ2v) is 3.79. The number of nitrogens with zero attached hydrogens (tertiary/aromatic N) is 1. The minimum Gasteiger partial charge on any atom is -0.310 e. The minimum absolute atomic E-state index is 0.274. The molecule has 2 rings (SSSR count). The summed E-state index contributed by atoms with van der Waals surface area (Å²) in [5, 5.41) is 2.38. The molecule has 1 aromatic heterocycles. The van der Waals surface area contributed by atoms with Crippen molar-refractivity contribution in [2.75, 3.05) is 5.32 Å². The van der Waals surface area contributed by atoms with E-state index < -0.39 is 35.3 Å². The largest absolute Gasteiger partial charge is 0.310 e. The van der Waals surface area contributed by atoms with Gasteiger partial charge in [0.2, 0.25) is 5.91 Å². The summed E-state index contributed by atoms with van der Waals surface area (Å²) in [7, 11) is 0. The van der Waals surface area contributed by atoms with E-state index in [-0.39, 0.29) is 5.82 Å². The van der Waals surface area contributed by atoms with Crippen molar-refractivity contribution in [3.8, 4) is 0 Å². The Bertz CT molecular complexity index is 579. The number of nitrogens with one attached hydrogen (secondary N) is 1. The summed E-state index contributed by atoms with van der Waals surface area (Å²) in [6, 6.07) is 5.92. The molecule has 19 heavy (non-hydrogen) atoms. The van der Waals surface area contributed by atoms with Gasteiger partial charge in [-0.15, -0.1) is 0 Å². The lowest BCUT2D eigenvalue weighted by Crippen LogP contribution is -2.17. The molecular weight excluding hydrogens is 257 g/mol. The van der Waals surface area contributed by atoms with Crippen LogP contribution >= 0.6 is 0 Å². The lowest BCUT2D eigenvalue weighted by atomic mass is 10.1. The molecule has 0 atom stereocenters. The van der Waals surface area contributed by atoms with Gasteiger partial charge in [-0.2, -0.15) is 0 Å². The Hall–Kier alpha value is -2.37. The molecule has 0 unspecified atom stereocenters. The van der Waals surface area contributed by atoms with E-state index >= 15 is 0 Å². The third-order valence-electron chi connectivity index (χ3n) is 2.38. The molecular formula is C13H9F3N2O. The van der Waals surface area contributed by atoms with Gasteiger partial charge in [-0.3, -0.25) is 4.79 Å². The van der Waals surface area contributed by atoms with Gasteiger partial charge in [0.05, 0.1) is 6.42 Å². The SMILES string of the molecule is O=C(Cc1c(F)cc(F)cc1F)Nc1ccccn1. The molecule has 3 nitrogen and oxygen atoms in total. The number of halogens is 3. The molecule has 0 aliphatic heterocycles. The van der Waals surface area contributed by atoms with Crippen LogP contribution in [0.2, 0.25) is 0 Å². The van der Waals surface area contributed by atoms with Crippen LogP contribution in [0.4, 0.5) is 19.0 Å². The molecule has 1 amide bonds. The fraction of sp³-hybridized carbons (Fsp3) is 0.0769. The Balaban J connectivity index is 2.12. The predicted octanol–water partition coefficient (Wildman–Crippen LogP) is 2.68. The van der Waals surface area contributed by atoms with E-state index in [1.807, 2.05) is 0 Å². The fourth-order valence-corrected chi connectivity index (χ4v) is 1.53. The third kappa shape index (κ3) is 3.31. The maximum Gasteiger partial charge on any atom is 0.230 e. The zero-order chi connectivity index (χ0) is 13.8. The molecule has 0 bridgehead atoms. The zero-order valence-corrected chi connectivity index (χ0v) is 9.66. The van der Waals surface area contributed by atoms with Crippen molar-refractivity contribution >= 4 is 11.7 Å². The molecule has 1 heterocycles. The molecule has 0 radical (unpaired) electrons. The maximum absolute atomic E-state index is 13.3. The Morgan fingerprint density at radius 2 is 1.84 bits per heavy atom. The van der Waals surface area contributed by atoms with E-state index in [1.165, 1.54) is 12.3 Å². The maximum atomic E-state index is 13.3. The molecule has 0 aliphatic rings. The second-order valence-electron chi connectivity index (χ2n) is 3.79. The molecule has 0 fully saturated rings. The predicted molar refractivity (Wildman–Crippen MR) is 62.9 cm³/mol. The molecule has 0 spiro atoms. The average Bonchev–Trinajstić information content (AvgIpc) is 2.35. The third-order valence-corrected chi connectivity index (χ3v) is 2.38. The van der Waals surface area contributed by atoms with Crippen molar-refractivity contribution in [2.45, 2.75) is 6.42 Å². The summed E-state index contributed by atoms with van der Waals surface area (Å²) in [4.78, 5) is 15.4. The number of carbonyl (C=O) groups is 1. The molecule has 0 saturated carbocycles. The Labute approximate surface area is 107 Å². The monoisotopic (exact) mass is 266 g/mol. The standard InChI is InChI=1S/C13H9F3N2O/c14-8-5-10(15)9(11(16)6-8)7-13(19)18-12-3-1-2-4-17-12/h1-6H,7H2,(H,17,18,19). The highest BCUT2D eigenvalue weighted by molar-refractivity contribution is 5.91. The Morgan fingerprint density at radius 1 is 1.16 bits per heavy atom.